The van der Waals surface area contributed by atoms with Crippen LogP contribution in [0.2, 0.25) is 0 Å². The Kier molecular flexibility index (Phi) is 81.6. The Morgan fingerprint density at radius 2 is 0.329 bits per heavy atom. The maximum atomic E-state index is 4.49. The van der Waals surface area contributed by atoms with E-state index < -0.39 is 0 Å². The van der Waals surface area contributed by atoms with Crippen molar-refractivity contribution in [2.45, 2.75) is 343 Å². The molecule has 0 aliphatic rings. The minimum absolute atomic E-state index is 0. The molecule has 6 atom stereocenters. The van der Waals surface area contributed by atoms with E-state index in [1.165, 1.54) is 270 Å². The summed E-state index contributed by atoms with van der Waals surface area (Å²) in [6.07, 6.45) is 58.1. The van der Waals surface area contributed by atoms with Crippen molar-refractivity contribution >= 4 is 135 Å². The van der Waals surface area contributed by atoms with Gasteiger partial charge in [0.2, 0.25) is 0 Å². The average Bonchev–Trinajstić information content (AvgIpc) is 3.34. The molecule has 0 rings (SSSR count). The SMILES string of the molecule is CCCCCCCC(CCS)SC(CCS)CCCCCCC.CCCCCCCC(CCS)SC(CCS)CCCCCCC.CCCCCCCC(CCS)SC(CCS)CCCCCCC.[Sb]. The molecule has 425 valence electrons. The van der Waals surface area contributed by atoms with E-state index in [9.17, 15) is 0 Å². The third-order valence-electron chi connectivity index (χ3n) is 13.6. The molecule has 6 unspecified atom stereocenters. The number of unbranched alkanes of at least 4 members (excludes halogenated alkanes) is 24. The van der Waals surface area contributed by atoms with Crippen molar-refractivity contribution in [2.24, 2.45) is 0 Å². The average molecular weight is 1260 g/mol. The number of rotatable bonds is 54. The number of thiol groups is 6. The minimum atomic E-state index is 0. The Hall–Kier alpha value is 3.97. The van der Waals surface area contributed by atoms with Gasteiger partial charge in [0.1, 0.15) is 0 Å². The Bertz CT molecular complexity index is 714. The quantitative estimate of drug-likeness (QED) is 0.0204. The molecule has 0 spiro atoms. The molecule has 3 radical (unpaired) electrons. The van der Waals surface area contributed by atoms with Crippen molar-refractivity contribution in [1.82, 2.24) is 0 Å². The van der Waals surface area contributed by atoms with Gasteiger partial charge in [-0.05, 0) is 112 Å². The summed E-state index contributed by atoms with van der Waals surface area (Å²) in [5.41, 5.74) is 0. The van der Waals surface area contributed by atoms with Gasteiger partial charge in [0, 0.05) is 55.9 Å². The Balaban J connectivity index is -0.000000463. The van der Waals surface area contributed by atoms with Crippen LogP contribution in [0.1, 0.15) is 311 Å². The van der Waals surface area contributed by atoms with Gasteiger partial charge in [0.05, 0.1) is 0 Å². The molecule has 0 aliphatic carbocycles. The second-order valence-corrected chi connectivity index (χ2v) is 27.9. The van der Waals surface area contributed by atoms with E-state index in [1.54, 1.807) is 0 Å². The summed E-state index contributed by atoms with van der Waals surface area (Å²) < 4.78 is 0. The molecule has 0 bridgehead atoms. The van der Waals surface area contributed by atoms with Crippen LogP contribution in [0.15, 0.2) is 0 Å². The summed E-state index contributed by atoms with van der Waals surface area (Å²) in [5.74, 6) is 6.23. The fourth-order valence-electron chi connectivity index (χ4n) is 9.22. The third-order valence-corrected chi connectivity index (χ3v) is 20.3. The Morgan fingerprint density at radius 1 is 0.200 bits per heavy atom. The fraction of sp³-hybridized carbons (Fsp3) is 1.00. The molecular weight excluding hydrogens is 1130 g/mol. The predicted molar refractivity (Wildman–Crippen MR) is 362 cm³/mol. The summed E-state index contributed by atoms with van der Waals surface area (Å²) in [6.45, 7) is 13.8. The zero-order valence-electron chi connectivity index (χ0n) is 47.8. The zero-order valence-corrected chi connectivity index (χ0v) is 58.1. The van der Waals surface area contributed by atoms with Crippen molar-refractivity contribution in [3.63, 3.8) is 0 Å². The van der Waals surface area contributed by atoms with Crippen molar-refractivity contribution in [1.29, 1.82) is 0 Å². The summed E-state index contributed by atoms with van der Waals surface area (Å²) in [4.78, 5) is 0. The second-order valence-electron chi connectivity index (χ2n) is 20.4. The van der Waals surface area contributed by atoms with Crippen molar-refractivity contribution < 1.29 is 0 Å². The van der Waals surface area contributed by atoms with Crippen LogP contribution in [0.4, 0.5) is 0 Å². The summed E-state index contributed by atoms with van der Waals surface area (Å²) >= 11 is 33.8. The number of hydrogen-bond donors (Lipinski definition) is 6. The van der Waals surface area contributed by atoms with Crippen molar-refractivity contribution in [2.75, 3.05) is 34.5 Å². The van der Waals surface area contributed by atoms with Gasteiger partial charge < -0.3 is 0 Å². The summed E-state index contributed by atoms with van der Waals surface area (Å²) in [5, 5.41) is 4.97. The van der Waals surface area contributed by atoms with E-state index in [1.807, 2.05) is 0 Å². The fourth-order valence-corrected chi connectivity index (χ4v) is 17.1. The van der Waals surface area contributed by atoms with Crippen LogP contribution in [0.3, 0.4) is 0 Å². The van der Waals surface area contributed by atoms with Crippen LogP contribution in [0.25, 0.3) is 0 Å². The van der Waals surface area contributed by atoms with E-state index in [0.717, 1.165) is 66.0 Å². The van der Waals surface area contributed by atoms with Gasteiger partial charge in [0.25, 0.3) is 0 Å². The first-order valence-corrected chi connectivity index (χ1v) is 37.1. The molecule has 70 heavy (non-hydrogen) atoms. The van der Waals surface area contributed by atoms with Gasteiger partial charge in [0.15, 0.2) is 0 Å². The number of hydrogen-bond acceptors (Lipinski definition) is 9. The van der Waals surface area contributed by atoms with Crippen LogP contribution in [0.5, 0.6) is 0 Å². The molecule has 0 heterocycles. The number of thioether (sulfide) groups is 3. The zero-order chi connectivity index (χ0) is 51.5. The van der Waals surface area contributed by atoms with Gasteiger partial charge >= 0.3 is 0 Å². The summed E-state index contributed by atoms with van der Waals surface area (Å²) in [6, 6.07) is 0. The molecule has 0 saturated heterocycles. The maximum absolute atomic E-state index is 4.49. The van der Waals surface area contributed by atoms with Crippen LogP contribution in [0, 0.1) is 0 Å². The van der Waals surface area contributed by atoms with E-state index in [0.29, 0.717) is 0 Å². The van der Waals surface area contributed by atoms with Gasteiger partial charge in [-0.3, -0.25) is 0 Å². The van der Waals surface area contributed by atoms with Gasteiger partial charge in [-0.25, -0.2) is 0 Å². The molecule has 0 aromatic rings. The van der Waals surface area contributed by atoms with Crippen LogP contribution < -0.4 is 0 Å². The maximum Gasteiger partial charge on any atom is 0.00575 e. The first-order valence-electron chi connectivity index (χ1n) is 30.5. The van der Waals surface area contributed by atoms with E-state index in [4.69, 9.17) is 0 Å². The summed E-state index contributed by atoms with van der Waals surface area (Å²) in [7, 11) is 0. The predicted octanol–water partition coefficient (Wildman–Crippen LogP) is 23.1. The van der Waals surface area contributed by atoms with E-state index in [2.05, 4.69) is 153 Å². The first-order chi connectivity index (χ1) is 33.8. The molecule has 0 fully saturated rings. The van der Waals surface area contributed by atoms with Crippen molar-refractivity contribution in [3.8, 4) is 0 Å². The molecule has 0 aliphatic heterocycles. The molecule has 0 N–H and O–H groups in total. The Morgan fingerprint density at radius 3 is 0.443 bits per heavy atom. The largest absolute Gasteiger partial charge is 0.179 e. The van der Waals surface area contributed by atoms with E-state index >= 15 is 0 Å². The molecule has 0 aromatic carbocycles. The topological polar surface area (TPSA) is 0 Å². The molecule has 0 amide bonds. The smallest absolute Gasteiger partial charge is 0.00575 e. The van der Waals surface area contributed by atoms with Gasteiger partial charge in [-0.1, -0.05) is 234 Å². The first kappa shape index (κ1) is 80.4. The van der Waals surface area contributed by atoms with Crippen LogP contribution in [-0.2, 0) is 0 Å². The third kappa shape index (κ3) is 62.8. The molecule has 0 saturated carbocycles. The monoisotopic (exact) mass is 1260 g/mol. The Labute approximate surface area is 507 Å². The molecule has 0 aromatic heterocycles. The standard InChI is InChI=1S/3C20H42S3.Sb/c3*1-3-5-7-9-11-13-19(15-17-21)23-20(16-18-22)14-12-10-8-6-4-2;/h3*19-22H,3-18H2,1-2H3;. The van der Waals surface area contributed by atoms with Crippen LogP contribution in [-0.4, -0.2) is 90.4 Å². The normalized spacial score (nSPS) is 13.9. The van der Waals surface area contributed by atoms with Crippen molar-refractivity contribution in [3.05, 3.63) is 0 Å². The van der Waals surface area contributed by atoms with Gasteiger partial charge in [-0.2, -0.15) is 111 Å². The minimum Gasteiger partial charge on any atom is -0.179 e. The molecule has 0 nitrogen and oxygen atoms in total. The second kappa shape index (κ2) is 71.0. The van der Waals surface area contributed by atoms with Gasteiger partial charge in [-0.15, -0.1) is 0 Å². The van der Waals surface area contributed by atoms with Crippen LogP contribution >= 0.6 is 111 Å². The van der Waals surface area contributed by atoms with E-state index in [-0.39, 0.29) is 24.4 Å². The molecular formula is C60H126S9Sb. The molecule has 10 heteroatoms.